The van der Waals surface area contributed by atoms with E-state index in [1.807, 2.05) is 11.0 Å². The average Bonchev–Trinajstić information content (AvgIpc) is 3.09. The van der Waals surface area contributed by atoms with Gasteiger partial charge in [-0.25, -0.2) is 0 Å². The molecular formula is C14H18ClNO3. The zero-order valence-corrected chi connectivity index (χ0v) is 11.6. The third-order valence-corrected chi connectivity index (χ3v) is 4.29. The molecule has 1 aromatic rings. The highest BCUT2D eigenvalue weighted by Crippen LogP contribution is 2.37. The Morgan fingerprint density at radius 3 is 3.11 bits per heavy atom. The number of hydrogen-bond acceptors (Lipinski definition) is 3. The van der Waals surface area contributed by atoms with Crippen molar-refractivity contribution in [1.82, 2.24) is 4.90 Å². The topological polar surface area (TPSA) is 42.7 Å². The highest BCUT2D eigenvalue weighted by molar-refractivity contribution is 6.27. The lowest BCUT2D eigenvalue weighted by Gasteiger charge is -2.37. The van der Waals surface area contributed by atoms with Crippen molar-refractivity contribution in [3.05, 3.63) is 23.7 Å². The van der Waals surface area contributed by atoms with Gasteiger partial charge in [-0.3, -0.25) is 4.79 Å². The predicted molar refractivity (Wildman–Crippen MR) is 71.2 cm³/mol. The minimum atomic E-state index is -0.00350. The standard InChI is InChI=1S/C14H18ClNO3/c15-8-14(17)16(10-4-6-18-9-10)12-2-1-3-13-11(12)5-7-19-13/h5,7,10,12H,1-4,6,8-9H2. The minimum Gasteiger partial charge on any atom is -0.469 e. The molecule has 2 atom stereocenters. The second-order valence-electron chi connectivity index (χ2n) is 5.16. The fraction of sp³-hybridized carbons (Fsp3) is 0.643. The van der Waals surface area contributed by atoms with E-state index in [9.17, 15) is 4.79 Å². The van der Waals surface area contributed by atoms with E-state index >= 15 is 0 Å². The van der Waals surface area contributed by atoms with Gasteiger partial charge in [-0.05, 0) is 25.3 Å². The second-order valence-corrected chi connectivity index (χ2v) is 5.43. The highest BCUT2D eigenvalue weighted by atomic mass is 35.5. The van der Waals surface area contributed by atoms with E-state index in [4.69, 9.17) is 20.8 Å². The number of halogens is 1. The van der Waals surface area contributed by atoms with Crippen molar-refractivity contribution in [3.63, 3.8) is 0 Å². The third kappa shape index (κ3) is 2.39. The number of nitrogens with zero attached hydrogens (tertiary/aromatic N) is 1. The number of carbonyl (C=O) groups excluding carboxylic acids is 1. The van der Waals surface area contributed by atoms with Gasteiger partial charge < -0.3 is 14.1 Å². The van der Waals surface area contributed by atoms with Crippen molar-refractivity contribution in [3.8, 4) is 0 Å². The Hall–Kier alpha value is -1.00. The van der Waals surface area contributed by atoms with E-state index in [-0.39, 0.29) is 23.9 Å². The van der Waals surface area contributed by atoms with Crippen LogP contribution < -0.4 is 0 Å². The summed E-state index contributed by atoms with van der Waals surface area (Å²) < 4.78 is 10.9. The van der Waals surface area contributed by atoms with Gasteiger partial charge in [0.05, 0.1) is 25.0 Å². The Balaban J connectivity index is 1.90. The monoisotopic (exact) mass is 283 g/mol. The zero-order valence-electron chi connectivity index (χ0n) is 10.8. The zero-order chi connectivity index (χ0) is 13.2. The fourth-order valence-electron chi connectivity index (χ4n) is 3.19. The lowest BCUT2D eigenvalue weighted by molar-refractivity contribution is -0.134. The molecule has 1 saturated heterocycles. The smallest absolute Gasteiger partial charge is 0.238 e. The number of carbonyl (C=O) groups is 1. The molecule has 1 fully saturated rings. The van der Waals surface area contributed by atoms with Crippen molar-refractivity contribution >= 4 is 17.5 Å². The van der Waals surface area contributed by atoms with Gasteiger partial charge in [0.2, 0.25) is 5.91 Å². The number of fused-ring (bicyclic) bond motifs is 1. The van der Waals surface area contributed by atoms with Crippen LogP contribution in [0.1, 0.15) is 36.6 Å². The van der Waals surface area contributed by atoms with Crippen LogP contribution in [-0.2, 0) is 16.0 Å². The van der Waals surface area contributed by atoms with Gasteiger partial charge in [0.25, 0.3) is 0 Å². The molecule has 5 heteroatoms. The summed E-state index contributed by atoms with van der Waals surface area (Å²) >= 11 is 5.79. The first-order valence-corrected chi connectivity index (χ1v) is 7.36. The largest absolute Gasteiger partial charge is 0.469 e. The van der Waals surface area contributed by atoms with Gasteiger partial charge >= 0.3 is 0 Å². The van der Waals surface area contributed by atoms with Crippen LogP contribution in [0.3, 0.4) is 0 Å². The number of aryl methyl sites for hydroxylation is 1. The molecule has 1 aliphatic carbocycles. The van der Waals surface area contributed by atoms with Crippen LogP contribution in [0.5, 0.6) is 0 Å². The van der Waals surface area contributed by atoms with Crippen molar-refractivity contribution in [2.75, 3.05) is 19.1 Å². The van der Waals surface area contributed by atoms with E-state index in [1.165, 1.54) is 0 Å². The number of ether oxygens (including phenoxy) is 1. The third-order valence-electron chi connectivity index (χ3n) is 4.06. The van der Waals surface area contributed by atoms with E-state index in [0.29, 0.717) is 6.61 Å². The van der Waals surface area contributed by atoms with Crippen LogP contribution in [0.4, 0.5) is 0 Å². The quantitative estimate of drug-likeness (QED) is 0.801. The number of furan rings is 1. The van der Waals surface area contributed by atoms with Crippen LogP contribution in [0, 0.1) is 0 Å². The normalized spacial score (nSPS) is 26.2. The summed E-state index contributed by atoms with van der Waals surface area (Å²) in [4.78, 5) is 14.2. The summed E-state index contributed by atoms with van der Waals surface area (Å²) in [7, 11) is 0. The molecule has 2 heterocycles. The molecule has 2 aliphatic rings. The Morgan fingerprint density at radius 1 is 1.47 bits per heavy atom. The molecule has 4 nitrogen and oxygen atoms in total. The SMILES string of the molecule is O=C(CCl)N(C1CCOC1)C1CCCc2occc21. The number of rotatable bonds is 3. The van der Waals surface area contributed by atoms with Crippen molar-refractivity contribution in [2.45, 2.75) is 37.8 Å². The molecule has 19 heavy (non-hydrogen) atoms. The van der Waals surface area contributed by atoms with E-state index in [0.717, 1.165) is 43.6 Å². The second kappa shape index (κ2) is 5.55. The first-order valence-electron chi connectivity index (χ1n) is 6.82. The molecule has 0 aromatic carbocycles. The Labute approximate surface area is 117 Å². The maximum absolute atomic E-state index is 12.2. The number of amides is 1. The first kappa shape index (κ1) is 13.0. The lowest BCUT2D eigenvalue weighted by atomic mass is 9.91. The van der Waals surface area contributed by atoms with Crippen molar-refractivity contribution in [2.24, 2.45) is 0 Å². The molecule has 1 aromatic heterocycles. The van der Waals surface area contributed by atoms with Gasteiger partial charge in [-0.15, -0.1) is 11.6 Å². The summed E-state index contributed by atoms with van der Waals surface area (Å²) in [6, 6.07) is 2.24. The van der Waals surface area contributed by atoms with Crippen molar-refractivity contribution < 1.29 is 13.9 Å². The van der Waals surface area contributed by atoms with E-state index in [1.54, 1.807) is 6.26 Å². The van der Waals surface area contributed by atoms with Gasteiger partial charge in [-0.1, -0.05) is 0 Å². The highest BCUT2D eigenvalue weighted by Gasteiger charge is 2.36. The fourth-order valence-corrected chi connectivity index (χ4v) is 3.33. The summed E-state index contributed by atoms with van der Waals surface area (Å²) in [5, 5.41) is 0. The van der Waals surface area contributed by atoms with Crippen LogP contribution in [0.25, 0.3) is 0 Å². The molecule has 104 valence electrons. The number of alkyl halides is 1. The van der Waals surface area contributed by atoms with Crippen molar-refractivity contribution in [1.29, 1.82) is 0 Å². The first-order chi connectivity index (χ1) is 9.31. The van der Waals surface area contributed by atoms with Crippen LogP contribution >= 0.6 is 11.6 Å². The molecule has 1 aliphatic heterocycles. The molecular weight excluding hydrogens is 266 g/mol. The van der Waals surface area contributed by atoms with Gasteiger partial charge in [0.1, 0.15) is 11.6 Å². The molecule has 0 saturated carbocycles. The lowest BCUT2D eigenvalue weighted by Crippen LogP contribution is -2.44. The number of hydrogen-bond donors (Lipinski definition) is 0. The Bertz CT molecular complexity index is 453. The molecule has 0 bridgehead atoms. The van der Waals surface area contributed by atoms with Crippen LogP contribution in [0.15, 0.2) is 16.7 Å². The average molecular weight is 284 g/mol. The summed E-state index contributed by atoms with van der Waals surface area (Å²) in [6.45, 7) is 1.34. The maximum atomic E-state index is 12.2. The van der Waals surface area contributed by atoms with Crippen LogP contribution in [-0.4, -0.2) is 35.9 Å². The summed E-state index contributed by atoms with van der Waals surface area (Å²) in [6.07, 6.45) is 5.60. The van der Waals surface area contributed by atoms with Crippen LogP contribution in [0.2, 0.25) is 0 Å². The molecule has 3 rings (SSSR count). The molecule has 1 amide bonds. The van der Waals surface area contributed by atoms with E-state index < -0.39 is 0 Å². The van der Waals surface area contributed by atoms with Gasteiger partial charge in [-0.2, -0.15) is 0 Å². The summed E-state index contributed by atoms with van der Waals surface area (Å²) in [5.41, 5.74) is 1.15. The Kier molecular flexibility index (Phi) is 3.80. The molecule has 0 radical (unpaired) electrons. The maximum Gasteiger partial charge on any atom is 0.238 e. The molecule has 0 N–H and O–H groups in total. The Morgan fingerprint density at radius 2 is 2.37 bits per heavy atom. The van der Waals surface area contributed by atoms with Gasteiger partial charge in [0, 0.05) is 18.6 Å². The van der Waals surface area contributed by atoms with E-state index in [2.05, 4.69) is 0 Å². The predicted octanol–water partition coefficient (Wildman–Crippen LogP) is 2.51. The molecule has 2 unspecified atom stereocenters. The molecule has 0 spiro atoms. The minimum absolute atomic E-state index is 0.00350. The van der Waals surface area contributed by atoms with Gasteiger partial charge in [0.15, 0.2) is 0 Å². The summed E-state index contributed by atoms with van der Waals surface area (Å²) in [5.74, 6) is 1.04.